The number of carbonyl (C=O) groups is 8. The highest BCUT2D eigenvalue weighted by molar-refractivity contribution is 5.92. The fourth-order valence-corrected chi connectivity index (χ4v) is 10.9. The SMILES string of the molecule is CC[C@H](C)[C@@H]([C@@H](CC(=O)N1CCC[C@H]1[C@H](OC)[C@@H](C)C(=O)N[C@H](C)[C@@H](O)c1ccccc1)OC)N(C)C(=O)[C@@H](NC(=O)[C@H](C(C)C)N(C)C(=O)OCc1ccc(NC(=O)O[C@H]2/C=C/CC[C@@](C)(C(=O)NCC(=O)O)CC2)cc1)C(C)C. The van der Waals surface area contributed by atoms with Gasteiger partial charge in [0.2, 0.25) is 29.5 Å². The third-order valence-corrected chi connectivity index (χ3v) is 16.0. The van der Waals surface area contributed by atoms with Crippen LogP contribution in [0.1, 0.15) is 131 Å². The van der Waals surface area contributed by atoms with Gasteiger partial charge in [0.1, 0.15) is 31.3 Å². The lowest BCUT2D eigenvalue weighted by atomic mass is 9.78. The Morgan fingerprint density at radius 1 is 0.827 bits per heavy atom. The highest BCUT2D eigenvalue weighted by atomic mass is 16.6. The normalized spacial score (nSPS) is 21.0. The quantitative estimate of drug-likeness (QED) is 0.0501. The summed E-state index contributed by atoms with van der Waals surface area (Å²) in [6.45, 7) is 16.2. The molecule has 7 amide bonds. The second-order valence-corrected chi connectivity index (χ2v) is 22.7. The number of aliphatic hydroxyl groups excluding tert-OH is 1. The summed E-state index contributed by atoms with van der Waals surface area (Å²) in [5.74, 6) is -4.62. The summed E-state index contributed by atoms with van der Waals surface area (Å²) in [5.41, 5.74) is 0.841. The molecule has 1 heterocycles. The molecule has 6 N–H and O–H groups in total. The molecular weight excluding hydrogens is 1040 g/mol. The molecule has 0 bridgehead atoms. The van der Waals surface area contributed by atoms with E-state index in [-0.39, 0.29) is 36.7 Å². The van der Waals surface area contributed by atoms with E-state index in [1.807, 2.05) is 52.0 Å². The largest absolute Gasteiger partial charge is 0.480 e. The minimum absolute atomic E-state index is 0.0719. The number of allylic oxidation sites excluding steroid dienone is 1. The Hall–Kier alpha value is -6.58. The molecule has 21 heteroatoms. The van der Waals surface area contributed by atoms with Crippen molar-refractivity contribution < 1.29 is 67.5 Å². The van der Waals surface area contributed by atoms with Crippen LogP contribution in [-0.4, -0.2) is 163 Å². The molecule has 2 aromatic rings. The number of anilines is 1. The summed E-state index contributed by atoms with van der Waals surface area (Å²) in [5, 5.41) is 30.9. The van der Waals surface area contributed by atoms with E-state index in [4.69, 9.17) is 24.1 Å². The average molecular weight is 1130 g/mol. The number of likely N-dealkylation sites (N-methyl/N-ethyl adjacent to an activating group) is 2. The van der Waals surface area contributed by atoms with Crippen LogP contribution < -0.4 is 21.3 Å². The molecule has 2 aliphatic rings. The Bertz CT molecular complexity index is 2440. The zero-order valence-corrected chi connectivity index (χ0v) is 49.8. The number of hydrogen-bond donors (Lipinski definition) is 6. The molecule has 12 atom stereocenters. The van der Waals surface area contributed by atoms with Crippen molar-refractivity contribution in [1.82, 2.24) is 30.7 Å². The number of amides is 7. The van der Waals surface area contributed by atoms with E-state index in [0.29, 0.717) is 68.3 Å². The van der Waals surface area contributed by atoms with E-state index in [1.54, 1.807) is 93.9 Å². The minimum Gasteiger partial charge on any atom is -0.480 e. The lowest BCUT2D eigenvalue weighted by molar-refractivity contribution is -0.148. The second kappa shape index (κ2) is 31.6. The molecule has 0 saturated carbocycles. The Balaban J connectivity index is 1.36. The maximum absolute atomic E-state index is 14.7. The third kappa shape index (κ3) is 18.7. The zero-order chi connectivity index (χ0) is 60.3. The summed E-state index contributed by atoms with van der Waals surface area (Å²) in [7, 11) is 6.13. The predicted octanol–water partition coefficient (Wildman–Crippen LogP) is 6.83. The van der Waals surface area contributed by atoms with Crippen LogP contribution in [0.5, 0.6) is 0 Å². The number of methoxy groups -OCH3 is 2. The highest BCUT2D eigenvalue weighted by Gasteiger charge is 2.44. The molecule has 1 aliphatic heterocycles. The molecule has 4 rings (SSSR count). The predicted molar refractivity (Wildman–Crippen MR) is 305 cm³/mol. The molecule has 1 saturated heterocycles. The Morgan fingerprint density at radius 2 is 1.49 bits per heavy atom. The summed E-state index contributed by atoms with van der Waals surface area (Å²) >= 11 is 0. The van der Waals surface area contributed by atoms with E-state index in [2.05, 4.69) is 21.3 Å². The lowest BCUT2D eigenvalue weighted by Gasteiger charge is -2.41. The molecule has 0 aromatic heterocycles. The number of benzene rings is 2. The number of carbonyl (C=O) groups excluding carboxylic acids is 7. The minimum atomic E-state index is -1.14. The maximum Gasteiger partial charge on any atom is 0.412 e. The standard InChI is InChI=1S/C60H91N7O14/c1-14-38(6)51(46(78-12)33-47(68)67-32-20-24-45(67)53(79-13)39(7)54(72)62-40(8)52(71)42-21-16-15-17-22-42)65(10)56(74)49(36(2)3)64-55(73)50(37(4)5)66(11)59(77)80-35-41-25-27-43(28-26-41)63-58(76)81-44-23-18-19-30-60(9,31-29-44)57(75)61-34-48(69)70/h15-18,21-23,25-28,36-40,44-46,49-53,71H,14,19-20,24,29-35H2,1-13H3,(H,61,75)(H,62,72)(H,63,76)(H,64,73)(H,69,70)/b23-18+/t38-,39+,40+,44-,45-,46+,49-,50-,51-,52+,53+,60+/m0/s1. The fraction of sp³-hybridized carbons (Fsp3) is 0.633. The maximum atomic E-state index is 14.7. The number of rotatable bonds is 27. The van der Waals surface area contributed by atoms with Crippen LogP contribution in [0.2, 0.25) is 0 Å². The zero-order valence-electron chi connectivity index (χ0n) is 49.8. The Labute approximate surface area is 478 Å². The van der Waals surface area contributed by atoms with Crippen molar-refractivity contribution in [3.8, 4) is 0 Å². The van der Waals surface area contributed by atoms with Gasteiger partial charge in [-0.2, -0.15) is 0 Å². The van der Waals surface area contributed by atoms with Gasteiger partial charge in [-0.15, -0.1) is 0 Å². The van der Waals surface area contributed by atoms with Crippen molar-refractivity contribution in [2.45, 2.75) is 175 Å². The van der Waals surface area contributed by atoms with E-state index >= 15 is 0 Å². The summed E-state index contributed by atoms with van der Waals surface area (Å²) in [6, 6.07) is 11.9. The van der Waals surface area contributed by atoms with Crippen molar-refractivity contribution in [1.29, 1.82) is 0 Å². The third-order valence-electron chi connectivity index (χ3n) is 16.0. The van der Waals surface area contributed by atoms with Gasteiger partial charge in [0.25, 0.3) is 0 Å². The first kappa shape index (κ1) is 66.9. The van der Waals surface area contributed by atoms with Crippen LogP contribution in [0.4, 0.5) is 15.3 Å². The van der Waals surface area contributed by atoms with Gasteiger partial charge in [-0.3, -0.25) is 39.0 Å². The monoisotopic (exact) mass is 1130 g/mol. The number of carboxylic acids is 1. The van der Waals surface area contributed by atoms with Gasteiger partial charge in [-0.1, -0.05) is 110 Å². The van der Waals surface area contributed by atoms with Crippen molar-refractivity contribution in [2.75, 3.05) is 46.7 Å². The van der Waals surface area contributed by atoms with Gasteiger partial charge >= 0.3 is 18.2 Å². The molecule has 450 valence electrons. The number of aliphatic hydroxyl groups is 1. The number of nitrogens with one attached hydrogen (secondary N) is 4. The van der Waals surface area contributed by atoms with Crippen LogP contribution in [0.3, 0.4) is 0 Å². The molecule has 1 fully saturated rings. The van der Waals surface area contributed by atoms with Crippen LogP contribution in [0, 0.1) is 29.1 Å². The molecule has 21 nitrogen and oxygen atoms in total. The first-order valence-corrected chi connectivity index (χ1v) is 28.4. The Morgan fingerprint density at radius 3 is 2.09 bits per heavy atom. The number of aliphatic carboxylic acids is 1. The number of likely N-dealkylation sites (tertiary alicyclic amines) is 1. The van der Waals surface area contributed by atoms with Gasteiger partial charge in [0, 0.05) is 46.0 Å². The van der Waals surface area contributed by atoms with Crippen LogP contribution >= 0.6 is 0 Å². The van der Waals surface area contributed by atoms with Gasteiger partial charge in [-0.25, -0.2) is 9.59 Å². The smallest absolute Gasteiger partial charge is 0.412 e. The molecule has 1 aliphatic carbocycles. The molecule has 0 radical (unpaired) electrons. The molecule has 0 spiro atoms. The average Bonchev–Trinajstić information content (AvgIpc) is 3.93. The van der Waals surface area contributed by atoms with Crippen LogP contribution in [0.25, 0.3) is 0 Å². The van der Waals surface area contributed by atoms with Gasteiger partial charge < -0.3 is 54.9 Å². The molecule has 0 unspecified atom stereocenters. The molecule has 2 aromatic carbocycles. The topological polar surface area (TPSA) is 272 Å². The second-order valence-electron chi connectivity index (χ2n) is 22.7. The van der Waals surface area contributed by atoms with Gasteiger partial charge in [-0.05, 0) is 92.5 Å². The van der Waals surface area contributed by atoms with E-state index in [1.165, 1.54) is 26.2 Å². The van der Waals surface area contributed by atoms with E-state index < -0.39 is 114 Å². The van der Waals surface area contributed by atoms with Crippen molar-refractivity contribution >= 4 is 53.4 Å². The molecule has 81 heavy (non-hydrogen) atoms. The van der Waals surface area contributed by atoms with E-state index in [0.717, 1.165) is 0 Å². The van der Waals surface area contributed by atoms with Crippen LogP contribution in [0.15, 0.2) is 66.7 Å². The van der Waals surface area contributed by atoms with E-state index in [9.17, 15) is 43.5 Å². The number of nitrogens with zero attached hydrogens (tertiary/aromatic N) is 3. The van der Waals surface area contributed by atoms with Crippen molar-refractivity contribution in [3.63, 3.8) is 0 Å². The lowest BCUT2D eigenvalue weighted by Crippen LogP contribution is -2.60. The van der Waals surface area contributed by atoms with Gasteiger partial charge in [0.15, 0.2) is 0 Å². The first-order chi connectivity index (χ1) is 38.3. The van der Waals surface area contributed by atoms with Gasteiger partial charge in [0.05, 0.1) is 48.8 Å². The summed E-state index contributed by atoms with van der Waals surface area (Å²) < 4.78 is 23.3. The summed E-state index contributed by atoms with van der Waals surface area (Å²) in [6.07, 6.45) is 2.80. The highest BCUT2D eigenvalue weighted by Crippen LogP contribution is 2.34. The van der Waals surface area contributed by atoms with Crippen molar-refractivity contribution in [2.24, 2.45) is 29.1 Å². The fourth-order valence-electron chi connectivity index (χ4n) is 10.9. The van der Waals surface area contributed by atoms with Crippen LogP contribution in [-0.2, 0) is 54.3 Å². The number of hydrogen-bond acceptors (Lipinski definition) is 13. The first-order valence-electron chi connectivity index (χ1n) is 28.4. The number of carboxylic acid groups (broad SMARTS) is 1. The van der Waals surface area contributed by atoms with Crippen molar-refractivity contribution in [3.05, 3.63) is 77.9 Å². The summed E-state index contributed by atoms with van der Waals surface area (Å²) in [4.78, 5) is 112. The number of ether oxygens (including phenoxy) is 4. The molecular formula is C60H91N7O14. The Kier molecular flexibility index (Phi) is 26.1.